The smallest absolute Gasteiger partial charge is 0.303 e. The van der Waals surface area contributed by atoms with E-state index in [-0.39, 0.29) is 31.4 Å². The Kier molecular flexibility index (Phi) is 21.5. The van der Waals surface area contributed by atoms with Crippen LogP contribution >= 0.6 is 0 Å². The molecular formula is C37H59N3O7. The summed E-state index contributed by atoms with van der Waals surface area (Å²) in [6, 6.07) is 6.85. The number of amides is 3. The minimum Gasteiger partial charge on any atom is -0.465 e. The van der Waals surface area contributed by atoms with Gasteiger partial charge in [0.1, 0.15) is 6.61 Å². The summed E-state index contributed by atoms with van der Waals surface area (Å²) in [6.07, 6.45) is 19.7. The summed E-state index contributed by atoms with van der Waals surface area (Å²) in [5, 5.41) is 8.26. The van der Waals surface area contributed by atoms with Gasteiger partial charge in [0.05, 0.1) is 0 Å². The summed E-state index contributed by atoms with van der Waals surface area (Å²) in [5.41, 5.74) is 0.225. The first-order valence-electron chi connectivity index (χ1n) is 17.4. The van der Waals surface area contributed by atoms with E-state index in [1.165, 1.54) is 71.6 Å². The maximum Gasteiger partial charge on any atom is 0.303 e. The van der Waals surface area contributed by atoms with Crippen LogP contribution in [0.4, 0.5) is 11.4 Å². The molecule has 1 aromatic carbocycles. The molecule has 0 radical (unpaired) electrons. The number of hydrogen-bond donors (Lipinski definition) is 3. The van der Waals surface area contributed by atoms with Crippen LogP contribution in [0.3, 0.4) is 0 Å². The highest BCUT2D eigenvalue weighted by molar-refractivity contribution is 5.93. The molecule has 0 aliphatic carbocycles. The van der Waals surface area contributed by atoms with E-state index < -0.39 is 29.4 Å². The molecule has 1 atom stereocenters. The minimum atomic E-state index is -1.21. The Labute approximate surface area is 282 Å². The Bertz CT molecular complexity index is 1120. The first kappa shape index (κ1) is 41.3. The molecule has 0 aliphatic heterocycles. The zero-order valence-corrected chi connectivity index (χ0v) is 29.4. The lowest BCUT2D eigenvalue weighted by Gasteiger charge is -2.31. The van der Waals surface area contributed by atoms with Gasteiger partial charge in [-0.1, -0.05) is 84.3 Å². The van der Waals surface area contributed by atoms with Gasteiger partial charge in [0.15, 0.2) is 6.10 Å². The second kappa shape index (κ2) is 24.5. The molecule has 3 amide bonds. The summed E-state index contributed by atoms with van der Waals surface area (Å²) >= 11 is 0. The highest BCUT2D eigenvalue weighted by atomic mass is 16.6. The molecule has 47 heavy (non-hydrogen) atoms. The maximum absolute atomic E-state index is 12.7. The van der Waals surface area contributed by atoms with Gasteiger partial charge in [-0.15, -0.1) is 0 Å². The average molecular weight is 658 g/mol. The molecule has 264 valence electrons. The second-order valence-electron chi connectivity index (χ2n) is 12.8. The molecule has 0 saturated heterocycles. The van der Waals surface area contributed by atoms with Crippen molar-refractivity contribution < 1.29 is 33.4 Å². The van der Waals surface area contributed by atoms with Crippen molar-refractivity contribution in [2.75, 3.05) is 23.8 Å². The Balaban J connectivity index is 2.25. The normalized spacial score (nSPS) is 11.9. The molecule has 0 saturated carbocycles. The predicted octanol–water partition coefficient (Wildman–Crippen LogP) is 7.63. The molecule has 0 fully saturated rings. The molecule has 0 aromatic heterocycles. The lowest BCUT2D eigenvalue weighted by atomic mass is 9.86. The SMILES string of the molecule is CCCCCCCC/C=C\CCCCCCCC(=O)Nc1ccc(NC(=O)CCNC(=O)C(OC(C)=O)C(C)(C)COC(C)=O)cc1. The number of hydrogen-bond acceptors (Lipinski definition) is 7. The van der Waals surface area contributed by atoms with Crippen LogP contribution in [0.1, 0.15) is 131 Å². The van der Waals surface area contributed by atoms with Gasteiger partial charge in [-0.05, 0) is 56.4 Å². The zero-order valence-electron chi connectivity index (χ0n) is 29.4. The Morgan fingerprint density at radius 2 is 1.19 bits per heavy atom. The van der Waals surface area contributed by atoms with Crippen LogP contribution < -0.4 is 16.0 Å². The number of ether oxygens (including phenoxy) is 2. The molecule has 0 heterocycles. The third-order valence-corrected chi connectivity index (χ3v) is 7.65. The fourth-order valence-corrected chi connectivity index (χ4v) is 4.93. The topological polar surface area (TPSA) is 140 Å². The van der Waals surface area contributed by atoms with E-state index in [1.807, 2.05) is 0 Å². The molecule has 0 bridgehead atoms. The van der Waals surface area contributed by atoms with Gasteiger partial charge in [-0.25, -0.2) is 0 Å². The van der Waals surface area contributed by atoms with E-state index in [1.54, 1.807) is 38.1 Å². The van der Waals surface area contributed by atoms with Gasteiger partial charge < -0.3 is 25.4 Å². The summed E-state index contributed by atoms with van der Waals surface area (Å²) in [7, 11) is 0. The van der Waals surface area contributed by atoms with Gasteiger partial charge in [-0.2, -0.15) is 0 Å². The predicted molar refractivity (Wildman–Crippen MR) is 187 cm³/mol. The number of carbonyl (C=O) groups excluding carboxylic acids is 5. The fraction of sp³-hybridized carbons (Fsp3) is 0.649. The molecular weight excluding hydrogens is 598 g/mol. The zero-order chi connectivity index (χ0) is 34.9. The van der Waals surface area contributed by atoms with Crippen LogP contribution in [0, 0.1) is 5.41 Å². The molecule has 0 aliphatic rings. The van der Waals surface area contributed by atoms with Crippen molar-refractivity contribution in [1.82, 2.24) is 5.32 Å². The Morgan fingerprint density at radius 3 is 1.70 bits per heavy atom. The van der Waals surface area contributed by atoms with Crippen LogP contribution in [-0.2, 0) is 33.4 Å². The van der Waals surface area contributed by atoms with Gasteiger partial charge in [0.25, 0.3) is 5.91 Å². The van der Waals surface area contributed by atoms with Crippen molar-refractivity contribution in [3.8, 4) is 0 Å². The fourth-order valence-electron chi connectivity index (χ4n) is 4.93. The van der Waals surface area contributed by atoms with Crippen LogP contribution in [0.25, 0.3) is 0 Å². The van der Waals surface area contributed by atoms with Crippen molar-refractivity contribution in [3.63, 3.8) is 0 Å². The van der Waals surface area contributed by atoms with Crippen molar-refractivity contribution in [2.45, 2.75) is 137 Å². The lowest BCUT2D eigenvalue weighted by Crippen LogP contribution is -2.49. The van der Waals surface area contributed by atoms with Crippen LogP contribution in [0.2, 0.25) is 0 Å². The number of carbonyl (C=O) groups is 5. The van der Waals surface area contributed by atoms with Crippen molar-refractivity contribution >= 4 is 41.0 Å². The maximum atomic E-state index is 12.7. The third-order valence-electron chi connectivity index (χ3n) is 7.65. The molecule has 0 spiro atoms. The standard InChI is InChI=1S/C37H59N3O7/c1-6-7-8-9-10-11-12-13-14-15-16-17-18-19-20-21-33(43)39-31-22-24-32(25-23-31)40-34(44)26-27-38-36(45)35(47-30(3)42)37(4,5)28-46-29(2)41/h13-14,22-25,35H,6-12,15-21,26-28H2,1-5H3,(H,38,45)(H,39,43)(H,40,44)/b14-13-. The first-order chi connectivity index (χ1) is 22.4. The summed E-state index contributed by atoms with van der Waals surface area (Å²) in [5.74, 6) is -2.11. The van der Waals surface area contributed by atoms with Gasteiger partial charge >= 0.3 is 11.9 Å². The van der Waals surface area contributed by atoms with Crippen molar-refractivity contribution in [3.05, 3.63) is 36.4 Å². The average Bonchev–Trinajstić information content (AvgIpc) is 3.01. The molecule has 1 aromatic rings. The molecule has 10 heteroatoms. The van der Waals surface area contributed by atoms with Crippen LogP contribution in [0.15, 0.2) is 36.4 Å². The van der Waals surface area contributed by atoms with Gasteiger partial charge in [0, 0.05) is 50.0 Å². The van der Waals surface area contributed by atoms with Crippen molar-refractivity contribution in [2.24, 2.45) is 5.41 Å². The highest BCUT2D eigenvalue weighted by Gasteiger charge is 2.39. The Morgan fingerprint density at radius 1 is 0.702 bits per heavy atom. The number of rotatable bonds is 25. The molecule has 10 nitrogen and oxygen atoms in total. The largest absolute Gasteiger partial charge is 0.465 e. The molecule has 1 unspecified atom stereocenters. The van der Waals surface area contributed by atoms with Crippen LogP contribution in [0.5, 0.6) is 0 Å². The van der Waals surface area contributed by atoms with E-state index >= 15 is 0 Å². The van der Waals surface area contributed by atoms with Gasteiger partial charge in [0.2, 0.25) is 11.8 Å². The number of nitrogens with one attached hydrogen (secondary N) is 3. The van der Waals surface area contributed by atoms with Gasteiger partial charge in [-0.3, -0.25) is 24.0 Å². The molecule has 1 rings (SSSR count). The van der Waals surface area contributed by atoms with Crippen molar-refractivity contribution in [1.29, 1.82) is 0 Å². The van der Waals surface area contributed by atoms with E-state index in [0.717, 1.165) is 25.7 Å². The molecule has 3 N–H and O–H groups in total. The monoisotopic (exact) mass is 657 g/mol. The third kappa shape index (κ3) is 20.9. The van der Waals surface area contributed by atoms with E-state index in [0.29, 0.717) is 17.8 Å². The summed E-state index contributed by atoms with van der Waals surface area (Å²) < 4.78 is 10.2. The Hall–Kier alpha value is -3.69. The number of esters is 2. The van der Waals surface area contributed by atoms with E-state index in [9.17, 15) is 24.0 Å². The number of benzene rings is 1. The summed E-state index contributed by atoms with van der Waals surface area (Å²) in [4.78, 5) is 60.3. The summed E-state index contributed by atoms with van der Waals surface area (Å²) in [6.45, 7) is 7.85. The van der Waals surface area contributed by atoms with E-state index in [2.05, 4.69) is 35.0 Å². The minimum absolute atomic E-state index is 0.0105. The number of unbranched alkanes of at least 4 members (excludes halogenated alkanes) is 11. The number of anilines is 2. The number of allylic oxidation sites excluding steroid dienone is 2. The highest BCUT2D eigenvalue weighted by Crippen LogP contribution is 2.25. The first-order valence-corrected chi connectivity index (χ1v) is 17.4. The lowest BCUT2D eigenvalue weighted by molar-refractivity contribution is -0.166. The van der Waals surface area contributed by atoms with E-state index in [4.69, 9.17) is 9.47 Å². The quantitative estimate of drug-likeness (QED) is 0.0558. The van der Waals surface area contributed by atoms with Crippen LogP contribution in [-0.4, -0.2) is 48.9 Å². The second-order valence-corrected chi connectivity index (χ2v) is 12.8.